The van der Waals surface area contributed by atoms with Gasteiger partial charge in [0.2, 0.25) is 0 Å². The summed E-state index contributed by atoms with van der Waals surface area (Å²) in [6.45, 7) is 10.1. The van der Waals surface area contributed by atoms with Crippen LogP contribution in [0.4, 0.5) is 5.69 Å². The zero-order valence-electron chi connectivity index (χ0n) is 19.3. The third kappa shape index (κ3) is 6.11. The molecule has 2 N–H and O–H groups in total. The van der Waals surface area contributed by atoms with Crippen LogP contribution in [-0.2, 0) is 20.9 Å². The lowest BCUT2D eigenvalue weighted by molar-refractivity contribution is -0.141. The number of hydrogen-bond donors (Lipinski definition) is 2. The lowest BCUT2D eigenvalue weighted by Gasteiger charge is -2.11. The van der Waals surface area contributed by atoms with E-state index in [2.05, 4.69) is 28.2 Å². The minimum atomic E-state index is -0.274. The third-order valence-electron chi connectivity index (χ3n) is 4.93. The van der Waals surface area contributed by atoms with Gasteiger partial charge >= 0.3 is 5.97 Å². The molecule has 0 aliphatic heterocycles. The molecule has 1 heterocycles. The molecule has 33 heavy (non-hydrogen) atoms. The summed E-state index contributed by atoms with van der Waals surface area (Å²) in [6, 6.07) is 16.2. The van der Waals surface area contributed by atoms with Crippen LogP contribution in [-0.4, -0.2) is 43.8 Å². The van der Waals surface area contributed by atoms with Crippen molar-refractivity contribution < 1.29 is 21.9 Å². The van der Waals surface area contributed by atoms with Crippen molar-refractivity contribution in [2.24, 2.45) is 0 Å². The van der Waals surface area contributed by atoms with E-state index in [1.165, 1.54) is 0 Å². The molecule has 1 aromatic heterocycles. The number of nitriles is 1. The summed E-state index contributed by atoms with van der Waals surface area (Å²) < 4.78 is 12.7. The van der Waals surface area contributed by atoms with E-state index in [0.29, 0.717) is 25.4 Å². The molecule has 0 fully saturated rings. The van der Waals surface area contributed by atoms with Crippen LogP contribution in [0.1, 0.15) is 29.2 Å². The summed E-state index contributed by atoms with van der Waals surface area (Å²) in [5, 5.41) is 17.0. The number of esters is 1. The van der Waals surface area contributed by atoms with E-state index in [1.54, 1.807) is 6.92 Å². The number of fused-ring (bicyclic) bond motifs is 1. The molecule has 2 aromatic carbocycles. The summed E-state index contributed by atoms with van der Waals surface area (Å²) >= 11 is 0. The van der Waals surface area contributed by atoms with E-state index in [-0.39, 0.29) is 15.4 Å². The van der Waals surface area contributed by atoms with Crippen molar-refractivity contribution in [2.75, 3.05) is 31.7 Å². The molecular formula is C25H34N4O4. The summed E-state index contributed by atoms with van der Waals surface area (Å²) in [7, 11) is 0. The van der Waals surface area contributed by atoms with Crippen molar-refractivity contribution in [1.82, 2.24) is 9.88 Å². The molecule has 0 aliphatic rings. The van der Waals surface area contributed by atoms with Gasteiger partial charge in [-0.1, -0.05) is 12.1 Å². The first kappa shape index (κ1) is 25.4. The molecule has 0 saturated carbocycles. The second-order valence-corrected chi connectivity index (χ2v) is 6.85. The number of carbonyl (C=O) groups excluding carboxylic acids is 2. The highest BCUT2D eigenvalue weighted by molar-refractivity contribution is 5.95. The first-order valence-corrected chi connectivity index (χ1v) is 10.8. The van der Waals surface area contributed by atoms with Gasteiger partial charge in [0.15, 0.2) is 0 Å². The molecule has 0 saturated heterocycles. The van der Waals surface area contributed by atoms with Gasteiger partial charge in [0.05, 0.1) is 43.2 Å². The smallest absolute Gasteiger partial charge is 0.319 e. The monoisotopic (exact) mass is 454 g/mol. The van der Waals surface area contributed by atoms with E-state index < -0.39 is 0 Å². The van der Waals surface area contributed by atoms with E-state index in [4.69, 9.17) is 14.3 Å². The van der Waals surface area contributed by atoms with Crippen LogP contribution in [0.25, 0.3) is 22.2 Å². The Labute approximate surface area is 197 Å². The Balaban J connectivity index is 0.00000282. The quantitative estimate of drug-likeness (QED) is 0.265. The maximum atomic E-state index is 11.4. The lowest BCUT2D eigenvalue weighted by atomic mass is 10.1. The number of hydrogen-bond acceptors (Lipinski definition) is 7. The fourth-order valence-electron chi connectivity index (χ4n) is 3.61. The Morgan fingerprint density at radius 2 is 1.85 bits per heavy atom. The maximum absolute atomic E-state index is 11.4. The Morgan fingerprint density at radius 1 is 1.12 bits per heavy atom. The lowest BCUT2D eigenvalue weighted by Crippen LogP contribution is -2.29. The van der Waals surface area contributed by atoms with E-state index >= 15 is 0 Å². The molecule has 8 nitrogen and oxygen atoms in total. The van der Waals surface area contributed by atoms with Gasteiger partial charge in [-0.05, 0) is 50.6 Å². The van der Waals surface area contributed by atoms with Crippen molar-refractivity contribution >= 4 is 29.3 Å². The molecule has 0 aliphatic carbocycles. The van der Waals surface area contributed by atoms with Crippen LogP contribution >= 0.6 is 0 Å². The number of anilines is 1. The molecule has 0 radical (unpaired) electrons. The zero-order chi connectivity index (χ0) is 24.2. The average Bonchev–Trinajstić information content (AvgIpc) is 3.16. The molecule has 0 spiro atoms. The number of ether oxygens (including phenoxy) is 2. The SMILES string of the molecule is C=O.CCOC(=O)CNCNc1ccc(-c2c(C#N)c3ccc(OCC)cc3n2CC)cc1.[HH].[HH]. The third-order valence-corrected chi connectivity index (χ3v) is 4.93. The van der Waals surface area contributed by atoms with E-state index in [0.717, 1.165) is 40.1 Å². The molecule has 3 aromatic rings. The molecule has 0 bridgehead atoms. The number of benzene rings is 2. The van der Waals surface area contributed by atoms with Gasteiger partial charge in [-0.3, -0.25) is 10.1 Å². The van der Waals surface area contributed by atoms with Crippen molar-refractivity contribution in [2.45, 2.75) is 27.3 Å². The van der Waals surface area contributed by atoms with Gasteiger partial charge in [-0.25, -0.2) is 0 Å². The van der Waals surface area contributed by atoms with Crippen LogP contribution < -0.4 is 15.4 Å². The van der Waals surface area contributed by atoms with Gasteiger partial charge in [0, 0.05) is 26.5 Å². The summed E-state index contributed by atoms with van der Waals surface area (Å²) in [6.07, 6.45) is 0. The van der Waals surface area contributed by atoms with Crippen LogP contribution in [0, 0.1) is 11.3 Å². The Kier molecular flexibility index (Phi) is 9.93. The van der Waals surface area contributed by atoms with Gasteiger partial charge in [-0.2, -0.15) is 5.26 Å². The minimum Gasteiger partial charge on any atom is -0.494 e. The van der Waals surface area contributed by atoms with Gasteiger partial charge in [-0.15, -0.1) is 0 Å². The Hall–Kier alpha value is -3.83. The van der Waals surface area contributed by atoms with Crippen molar-refractivity contribution in [1.29, 1.82) is 5.26 Å². The Bertz CT molecular complexity index is 1110. The van der Waals surface area contributed by atoms with Gasteiger partial charge < -0.3 is 24.2 Å². The summed E-state index contributed by atoms with van der Waals surface area (Å²) in [5.74, 6) is 0.525. The molecule has 0 atom stereocenters. The number of rotatable bonds is 10. The fraction of sp³-hybridized carbons (Fsp3) is 0.320. The highest BCUT2D eigenvalue weighted by Gasteiger charge is 2.18. The Morgan fingerprint density at radius 3 is 2.45 bits per heavy atom. The summed E-state index contributed by atoms with van der Waals surface area (Å²) in [4.78, 5) is 19.4. The van der Waals surface area contributed by atoms with Crippen LogP contribution in [0.2, 0.25) is 0 Å². The summed E-state index contributed by atoms with van der Waals surface area (Å²) in [5.41, 5.74) is 4.44. The van der Waals surface area contributed by atoms with Crippen LogP contribution in [0.15, 0.2) is 42.5 Å². The maximum Gasteiger partial charge on any atom is 0.319 e. The zero-order valence-corrected chi connectivity index (χ0v) is 19.3. The fourth-order valence-corrected chi connectivity index (χ4v) is 3.61. The van der Waals surface area contributed by atoms with E-state index in [9.17, 15) is 10.1 Å². The number of nitrogens with zero attached hydrogens (tertiary/aromatic N) is 2. The first-order valence-electron chi connectivity index (χ1n) is 10.8. The average molecular weight is 455 g/mol. The molecule has 3 rings (SSSR count). The molecule has 0 amide bonds. The predicted octanol–water partition coefficient (Wildman–Crippen LogP) is 4.43. The first-order chi connectivity index (χ1) is 16.1. The molecular weight excluding hydrogens is 420 g/mol. The molecule has 178 valence electrons. The minimum absolute atomic E-state index is 0. The highest BCUT2D eigenvalue weighted by Crippen LogP contribution is 2.35. The van der Waals surface area contributed by atoms with Crippen molar-refractivity contribution in [3.05, 3.63) is 48.0 Å². The van der Waals surface area contributed by atoms with Crippen LogP contribution in [0.3, 0.4) is 0 Å². The van der Waals surface area contributed by atoms with Crippen LogP contribution in [0.5, 0.6) is 5.75 Å². The largest absolute Gasteiger partial charge is 0.494 e. The number of aromatic nitrogens is 1. The molecule has 0 unspecified atom stereocenters. The van der Waals surface area contributed by atoms with Gasteiger partial charge in [0.25, 0.3) is 0 Å². The highest BCUT2D eigenvalue weighted by atomic mass is 16.5. The second kappa shape index (κ2) is 12.9. The van der Waals surface area contributed by atoms with Crippen molar-refractivity contribution in [3.8, 4) is 23.1 Å². The van der Waals surface area contributed by atoms with Gasteiger partial charge in [0.1, 0.15) is 18.6 Å². The normalized spacial score (nSPS) is 10.1. The number of carbonyl (C=O) groups is 2. The molecule has 8 heteroatoms. The topological polar surface area (TPSA) is 105 Å². The van der Waals surface area contributed by atoms with Crippen molar-refractivity contribution in [3.63, 3.8) is 0 Å². The standard InChI is InChI=1S/C24H28N4O3.CH2O.2H2/c1-4-28-22-13-19(30-5-2)11-12-20(22)21(14-25)24(28)17-7-9-18(10-8-17)27-16-26-15-23(29)31-6-3;1-2;;/h7-13,26-27H,4-6,15-16H2,1-3H3;1H2;2*1H. The second-order valence-electron chi connectivity index (χ2n) is 6.85. The number of nitrogens with one attached hydrogen (secondary N) is 2. The number of aryl methyl sites for hydroxylation is 1. The predicted molar refractivity (Wildman–Crippen MR) is 133 cm³/mol. The van der Waals surface area contributed by atoms with E-state index in [1.807, 2.05) is 56.2 Å².